The summed E-state index contributed by atoms with van der Waals surface area (Å²) in [6, 6.07) is 6.28. The molecule has 0 aliphatic rings. The first kappa shape index (κ1) is 15.1. The monoisotopic (exact) mass is 289 g/mol. The smallest absolute Gasteiger partial charge is 0.352 e. The third-order valence-electron chi connectivity index (χ3n) is 3.17. The lowest BCUT2D eigenvalue weighted by molar-refractivity contribution is 0.0682. The van der Waals surface area contributed by atoms with Crippen LogP contribution in [0.4, 0.5) is 0 Å². The van der Waals surface area contributed by atoms with E-state index in [1.165, 1.54) is 13.2 Å². The highest BCUT2D eigenvalue weighted by Gasteiger charge is 2.19. The molecule has 0 amide bonds. The first-order valence-electron chi connectivity index (χ1n) is 6.68. The van der Waals surface area contributed by atoms with Crippen LogP contribution in [0.25, 0.3) is 10.9 Å². The zero-order chi connectivity index (χ0) is 15.8. The highest BCUT2D eigenvalue weighted by Crippen LogP contribution is 2.24. The Morgan fingerprint density at radius 2 is 1.95 bits per heavy atom. The number of aromatic carboxylic acids is 1. The number of carboxylic acids is 1. The fourth-order valence-electron chi connectivity index (χ4n) is 2.31. The largest absolute Gasteiger partial charge is 0.497 e. The lowest BCUT2D eigenvalue weighted by Crippen LogP contribution is -2.24. The molecule has 0 aliphatic carbocycles. The Hall–Kier alpha value is -2.30. The van der Waals surface area contributed by atoms with Crippen LogP contribution in [-0.4, -0.2) is 22.8 Å². The molecule has 0 aliphatic heterocycles. The van der Waals surface area contributed by atoms with E-state index in [9.17, 15) is 14.7 Å². The van der Waals surface area contributed by atoms with Gasteiger partial charge < -0.3 is 14.4 Å². The SMILES string of the molecule is COc1ccc2c(c1)c(=O)cc(C(=O)O)n2CC(C)(C)C. The molecule has 0 fully saturated rings. The molecular weight excluding hydrogens is 270 g/mol. The third kappa shape index (κ3) is 3.07. The molecule has 0 spiro atoms. The predicted octanol–water partition coefficient (Wildman–Crippen LogP) is 2.75. The van der Waals surface area contributed by atoms with Crippen molar-refractivity contribution in [2.75, 3.05) is 7.11 Å². The highest BCUT2D eigenvalue weighted by molar-refractivity contribution is 5.91. The van der Waals surface area contributed by atoms with E-state index in [4.69, 9.17) is 4.74 Å². The second kappa shape index (κ2) is 5.24. The number of hydrogen-bond donors (Lipinski definition) is 1. The minimum Gasteiger partial charge on any atom is -0.497 e. The van der Waals surface area contributed by atoms with Crippen molar-refractivity contribution in [3.63, 3.8) is 0 Å². The van der Waals surface area contributed by atoms with E-state index in [0.717, 1.165) is 0 Å². The molecule has 21 heavy (non-hydrogen) atoms. The number of carbonyl (C=O) groups is 1. The minimum atomic E-state index is -1.10. The van der Waals surface area contributed by atoms with Crippen LogP contribution in [0.2, 0.25) is 0 Å². The fourth-order valence-corrected chi connectivity index (χ4v) is 2.31. The summed E-state index contributed by atoms with van der Waals surface area (Å²) in [7, 11) is 1.53. The molecule has 0 saturated heterocycles. The van der Waals surface area contributed by atoms with Gasteiger partial charge in [0, 0.05) is 18.0 Å². The summed E-state index contributed by atoms with van der Waals surface area (Å²) in [4.78, 5) is 23.6. The number of hydrogen-bond acceptors (Lipinski definition) is 3. The molecule has 1 N–H and O–H groups in total. The van der Waals surface area contributed by atoms with E-state index < -0.39 is 5.97 Å². The van der Waals surface area contributed by atoms with Crippen LogP contribution < -0.4 is 10.2 Å². The van der Waals surface area contributed by atoms with Crippen LogP contribution >= 0.6 is 0 Å². The maximum atomic E-state index is 12.2. The van der Waals surface area contributed by atoms with Gasteiger partial charge in [-0.25, -0.2) is 4.79 Å². The van der Waals surface area contributed by atoms with Crippen molar-refractivity contribution in [1.29, 1.82) is 0 Å². The Balaban J connectivity index is 2.83. The van der Waals surface area contributed by atoms with Crippen molar-refractivity contribution >= 4 is 16.9 Å². The molecule has 0 radical (unpaired) electrons. The number of pyridine rings is 1. The van der Waals surface area contributed by atoms with Gasteiger partial charge in [-0.15, -0.1) is 0 Å². The summed E-state index contributed by atoms with van der Waals surface area (Å²) in [6.45, 7) is 6.56. The van der Waals surface area contributed by atoms with Gasteiger partial charge in [-0.05, 0) is 23.6 Å². The average Bonchev–Trinajstić information content (AvgIpc) is 2.39. The Kier molecular flexibility index (Phi) is 3.77. The lowest BCUT2D eigenvalue weighted by atomic mass is 9.96. The molecule has 0 atom stereocenters. The quantitative estimate of drug-likeness (QED) is 0.943. The van der Waals surface area contributed by atoms with Gasteiger partial charge in [-0.3, -0.25) is 4.79 Å². The van der Waals surface area contributed by atoms with E-state index in [-0.39, 0.29) is 16.5 Å². The van der Waals surface area contributed by atoms with Crippen LogP contribution in [0.1, 0.15) is 31.3 Å². The van der Waals surface area contributed by atoms with Crippen molar-refractivity contribution in [3.05, 3.63) is 40.2 Å². The van der Waals surface area contributed by atoms with Gasteiger partial charge in [0.05, 0.1) is 12.6 Å². The van der Waals surface area contributed by atoms with Gasteiger partial charge >= 0.3 is 5.97 Å². The number of fused-ring (bicyclic) bond motifs is 1. The minimum absolute atomic E-state index is 0.00703. The third-order valence-corrected chi connectivity index (χ3v) is 3.17. The van der Waals surface area contributed by atoms with Crippen LogP contribution in [0.5, 0.6) is 5.75 Å². The van der Waals surface area contributed by atoms with Gasteiger partial charge in [0.15, 0.2) is 5.43 Å². The topological polar surface area (TPSA) is 68.5 Å². The molecule has 0 bridgehead atoms. The van der Waals surface area contributed by atoms with Crippen molar-refractivity contribution in [1.82, 2.24) is 4.57 Å². The van der Waals surface area contributed by atoms with Crippen molar-refractivity contribution in [3.8, 4) is 5.75 Å². The van der Waals surface area contributed by atoms with Crippen molar-refractivity contribution < 1.29 is 14.6 Å². The number of rotatable bonds is 3. The van der Waals surface area contributed by atoms with Gasteiger partial charge in [0.25, 0.3) is 0 Å². The Morgan fingerprint density at radius 1 is 1.29 bits per heavy atom. The number of carboxylic acid groups (broad SMARTS) is 1. The Bertz CT molecular complexity index is 753. The number of methoxy groups -OCH3 is 1. The Labute approximate surface area is 122 Å². The second-order valence-electron chi connectivity index (χ2n) is 6.23. The fraction of sp³-hybridized carbons (Fsp3) is 0.375. The molecule has 2 rings (SSSR count). The zero-order valence-corrected chi connectivity index (χ0v) is 12.6. The van der Waals surface area contributed by atoms with E-state index in [1.54, 1.807) is 22.8 Å². The van der Waals surface area contributed by atoms with Crippen molar-refractivity contribution in [2.45, 2.75) is 27.3 Å². The average molecular weight is 289 g/mol. The van der Waals surface area contributed by atoms with Crippen LogP contribution in [0.3, 0.4) is 0 Å². The van der Waals surface area contributed by atoms with Crippen LogP contribution in [-0.2, 0) is 6.54 Å². The molecular formula is C16H19NO4. The molecule has 5 nitrogen and oxygen atoms in total. The molecule has 2 aromatic rings. The molecule has 112 valence electrons. The number of aromatic nitrogens is 1. The predicted molar refractivity (Wildman–Crippen MR) is 81.2 cm³/mol. The van der Waals surface area contributed by atoms with Gasteiger partial charge in [0.1, 0.15) is 11.4 Å². The molecule has 5 heteroatoms. The molecule has 1 aromatic carbocycles. The highest BCUT2D eigenvalue weighted by atomic mass is 16.5. The van der Waals surface area contributed by atoms with Crippen LogP contribution in [0, 0.1) is 5.41 Å². The summed E-state index contributed by atoms with van der Waals surface area (Å²) < 4.78 is 6.81. The molecule has 1 heterocycles. The molecule has 0 unspecified atom stereocenters. The summed E-state index contributed by atoms with van der Waals surface area (Å²) in [5.41, 5.74) is 0.182. The molecule has 0 saturated carbocycles. The van der Waals surface area contributed by atoms with Crippen molar-refractivity contribution in [2.24, 2.45) is 5.41 Å². The van der Waals surface area contributed by atoms with E-state index >= 15 is 0 Å². The zero-order valence-electron chi connectivity index (χ0n) is 12.6. The first-order valence-corrected chi connectivity index (χ1v) is 6.68. The standard InChI is InChI=1S/C16H19NO4/c1-16(2,3)9-17-12-6-5-10(21-4)7-11(12)14(18)8-13(17)15(19)20/h5-8H,9H2,1-4H3,(H,19,20). The lowest BCUT2D eigenvalue weighted by Gasteiger charge is -2.24. The Morgan fingerprint density at radius 3 is 2.48 bits per heavy atom. The maximum Gasteiger partial charge on any atom is 0.352 e. The summed E-state index contributed by atoms with van der Waals surface area (Å²) in [6.07, 6.45) is 0. The second-order valence-corrected chi connectivity index (χ2v) is 6.23. The summed E-state index contributed by atoms with van der Waals surface area (Å²) in [5.74, 6) is -0.529. The number of nitrogens with zero attached hydrogens (tertiary/aromatic N) is 1. The van der Waals surface area contributed by atoms with E-state index in [2.05, 4.69) is 0 Å². The summed E-state index contributed by atoms with van der Waals surface area (Å²) in [5, 5.41) is 9.82. The van der Waals surface area contributed by atoms with Gasteiger partial charge in [0.2, 0.25) is 0 Å². The number of ether oxygens (including phenoxy) is 1. The normalized spacial score (nSPS) is 11.6. The molecule has 1 aromatic heterocycles. The van der Waals surface area contributed by atoms with Gasteiger partial charge in [-0.1, -0.05) is 20.8 Å². The van der Waals surface area contributed by atoms with E-state index in [1.807, 2.05) is 20.8 Å². The number of benzene rings is 1. The first-order chi connectivity index (χ1) is 9.73. The van der Waals surface area contributed by atoms with Gasteiger partial charge in [-0.2, -0.15) is 0 Å². The maximum absolute atomic E-state index is 12.2. The van der Waals surface area contributed by atoms with Crippen LogP contribution in [0.15, 0.2) is 29.1 Å². The van der Waals surface area contributed by atoms with E-state index in [0.29, 0.717) is 23.2 Å². The summed E-state index contributed by atoms with van der Waals surface area (Å²) >= 11 is 0.